The van der Waals surface area contributed by atoms with E-state index >= 15 is 0 Å². The lowest BCUT2D eigenvalue weighted by atomic mass is 9.74. The fourth-order valence-corrected chi connectivity index (χ4v) is 3.23. The van der Waals surface area contributed by atoms with Gasteiger partial charge in [0.1, 0.15) is 5.92 Å². The highest BCUT2D eigenvalue weighted by Crippen LogP contribution is 2.46. The van der Waals surface area contributed by atoms with Gasteiger partial charge in [-0.1, -0.05) is 28.1 Å². The van der Waals surface area contributed by atoms with Crippen molar-refractivity contribution in [3.8, 4) is 0 Å². The molecule has 24 heavy (non-hydrogen) atoms. The van der Waals surface area contributed by atoms with Gasteiger partial charge >= 0.3 is 12.1 Å². The van der Waals surface area contributed by atoms with Gasteiger partial charge < -0.3 is 15.2 Å². The molecule has 2 N–H and O–H groups in total. The van der Waals surface area contributed by atoms with Crippen molar-refractivity contribution in [2.24, 2.45) is 5.92 Å². The van der Waals surface area contributed by atoms with Crippen LogP contribution >= 0.6 is 15.9 Å². The van der Waals surface area contributed by atoms with E-state index in [0.29, 0.717) is 10.0 Å². The number of halogens is 4. The molecule has 9 heteroatoms. The lowest BCUT2D eigenvalue weighted by molar-refractivity contribution is -0.296. The Morgan fingerprint density at radius 3 is 2.71 bits per heavy atom. The van der Waals surface area contributed by atoms with Gasteiger partial charge in [-0.2, -0.15) is 13.2 Å². The quantitative estimate of drug-likeness (QED) is 0.752. The van der Waals surface area contributed by atoms with Gasteiger partial charge in [0, 0.05) is 16.8 Å². The van der Waals surface area contributed by atoms with Gasteiger partial charge in [0.05, 0.1) is 6.61 Å². The van der Waals surface area contributed by atoms with E-state index in [-0.39, 0.29) is 13.0 Å². The van der Waals surface area contributed by atoms with Gasteiger partial charge in [0.15, 0.2) is 0 Å². The molecule has 1 amide bonds. The van der Waals surface area contributed by atoms with Crippen molar-refractivity contribution in [3.05, 3.63) is 34.3 Å². The molecule has 1 heterocycles. The van der Waals surface area contributed by atoms with Crippen LogP contribution in [-0.4, -0.2) is 35.5 Å². The lowest BCUT2D eigenvalue weighted by Gasteiger charge is -2.43. The van der Waals surface area contributed by atoms with Crippen molar-refractivity contribution in [2.45, 2.75) is 31.2 Å². The first-order valence-electron chi connectivity index (χ1n) is 7.12. The summed E-state index contributed by atoms with van der Waals surface area (Å²) in [7, 11) is 0. The standard InChI is InChI=1S/C15H15BrF3NO4/c1-2-24-13(22)12-10(8-4-3-5-9(16)6-8)7-11(21)20-14(12,23)15(17,18)19/h3-6,10,12,23H,2,7H2,1H3,(H,20,21). The highest BCUT2D eigenvalue weighted by molar-refractivity contribution is 9.10. The topological polar surface area (TPSA) is 75.6 Å². The SMILES string of the molecule is CCOC(=O)C1C(c2cccc(Br)c2)CC(=O)NC1(O)C(F)(F)F. The Morgan fingerprint density at radius 1 is 1.50 bits per heavy atom. The predicted molar refractivity (Wildman–Crippen MR) is 80.8 cm³/mol. The Labute approximate surface area is 144 Å². The number of hydrogen-bond acceptors (Lipinski definition) is 4. The number of carbonyl (C=O) groups is 2. The molecule has 1 aromatic rings. The van der Waals surface area contributed by atoms with Crippen LogP contribution in [0.5, 0.6) is 0 Å². The second-order valence-electron chi connectivity index (χ2n) is 5.41. The van der Waals surface area contributed by atoms with Crippen LogP contribution in [0.25, 0.3) is 0 Å². The van der Waals surface area contributed by atoms with Gasteiger partial charge in [-0.15, -0.1) is 0 Å². The maximum atomic E-state index is 13.4. The van der Waals surface area contributed by atoms with Crippen LogP contribution in [0.3, 0.4) is 0 Å². The Bertz CT molecular complexity index is 652. The van der Waals surface area contributed by atoms with E-state index in [4.69, 9.17) is 4.74 Å². The molecule has 1 aromatic carbocycles. The first-order valence-corrected chi connectivity index (χ1v) is 7.91. The number of esters is 1. The third-order valence-electron chi connectivity index (χ3n) is 3.84. The zero-order valence-corrected chi connectivity index (χ0v) is 14.1. The number of ether oxygens (including phenoxy) is 1. The van der Waals surface area contributed by atoms with Gasteiger partial charge in [0.25, 0.3) is 0 Å². The van der Waals surface area contributed by atoms with Crippen LogP contribution in [0.4, 0.5) is 13.2 Å². The van der Waals surface area contributed by atoms with Gasteiger partial charge in [-0.25, -0.2) is 0 Å². The minimum atomic E-state index is -5.25. The number of amides is 1. The molecule has 1 saturated heterocycles. The fourth-order valence-electron chi connectivity index (χ4n) is 2.81. The summed E-state index contributed by atoms with van der Waals surface area (Å²) in [5.41, 5.74) is -3.37. The Balaban J connectivity index is 2.57. The fraction of sp³-hybridized carbons (Fsp3) is 0.467. The number of rotatable bonds is 3. The molecule has 2 rings (SSSR count). The molecular weight excluding hydrogens is 395 g/mol. The average molecular weight is 410 g/mol. The minimum absolute atomic E-state index is 0.150. The van der Waals surface area contributed by atoms with E-state index in [1.165, 1.54) is 24.4 Å². The van der Waals surface area contributed by atoms with Gasteiger partial charge in [-0.3, -0.25) is 9.59 Å². The maximum absolute atomic E-state index is 13.4. The first-order chi connectivity index (χ1) is 11.1. The maximum Gasteiger partial charge on any atom is 0.437 e. The van der Waals surface area contributed by atoms with Crippen LogP contribution in [0, 0.1) is 5.92 Å². The van der Waals surface area contributed by atoms with Crippen molar-refractivity contribution in [1.82, 2.24) is 5.32 Å². The van der Waals surface area contributed by atoms with E-state index < -0.39 is 35.6 Å². The van der Waals surface area contributed by atoms with Crippen molar-refractivity contribution in [1.29, 1.82) is 0 Å². The van der Waals surface area contributed by atoms with Gasteiger partial charge in [-0.05, 0) is 24.6 Å². The Hall–Kier alpha value is -1.61. The minimum Gasteiger partial charge on any atom is -0.466 e. The third-order valence-corrected chi connectivity index (χ3v) is 4.33. The number of piperidine rings is 1. The molecule has 0 spiro atoms. The molecule has 0 aromatic heterocycles. The smallest absolute Gasteiger partial charge is 0.437 e. The van der Waals surface area contributed by atoms with Crippen molar-refractivity contribution < 1.29 is 32.6 Å². The molecule has 1 aliphatic heterocycles. The normalized spacial score (nSPS) is 27.5. The van der Waals surface area contributed by atoms with E-state index in [9.17, 15) is 27.9 Å². The van der Waals surface area contributed by atoms with Crippen LogP contribution in [0.15, 0.2) is 28.7 Å². The Kier molecular flexibility index (Phi) is 5.24. The lowest BCUT2D eigenvalue weighted by Crippen LogP contribution is -2.69. The molecule has 0 saturated carbocycles. The molecule has 1 aliphatic rings. The monoisotopic (exact) mass is 409 g/mol. The van der Waals surface area contributed by atoms with Crippen LogP contribution in [-0.2, 0) is 14.3 Å². The first kappa shape index (κ1) is 18.7. The number of nitrogens with one attached hydrogen (secondary N) is 1. The second-order valence-corrected chi connectivity index (χ2v) is 6.32. The van der Waals surface area contributed by atoms with Crippen LogP contribution in [0.2, 0.25) is 0 Å². The molecule has 0 aliphatic carbocycles. The average Bonchev–Trinajstić information content (AvgIpc) is 2.45. The van der Waals surface area contributed by atoms with Gasteiger partial charge in [0.2, 0.25) is 11.6 Å². The summed E-state index contributed by atoms with van der Waals surface area (Å²) in [6, 6.07) is 6.23. The van der Waals surface area contributed by atoms with Crippen LogP contribution < -0.4 is 5.32 Å². The summed E-state index contributed by atoms with van der Waals surface area (Å²) in [4.78, 5) is 24.0. The summed E-state index contributed by atoms with van der Waals surface area (Å²) in [6.07, 6.45) is -5.62. The zero-order valence-electron chi connectivity index (χ0n) is 12.6. The van der Waals surface area contributed by atoms with E-state index in [1.807, 2.05) is 0 Å². The highest BCUT2D eigenvalue weighted by Gasteiger charge is 2.66. The molecule has 3 unspecified atom stereocenters. The van der Waals surface area contributed by atoms with Crippen LogP contribution in [0.1, 0.15) is 24.8 Å². The molecule has 3 atom stereocenters. The number of hydrogen-bond donors (Lipinski definition) is 2. The highest BCUT2D eigenvalue weighted by atomic mass is 79.9. The molecule has 5 nitrogen and oxygen atoms in total. The van der Waals surface area contributed by atoms with Crippen molar-refractivity contribution in [2.75, 3.05) is 6.61 Å². The second kappa shape index (κ2) is 6.72. The summed E-state index contributed by atoms with van der Waals surface area (Å²) >= 11 is 3.20. The van der Waals surface area contributed by atoms with E-state index in [1.54, 1.807) is 12.1 Å². The Morgan fingerprint density at radius 2 is 2.17 bits per heavy atom. The number of benzene rings is 1. The largest absolute Gasteiger partial charge is 0.466 e. The predicted octanol–water partition coefficient (Wildman–Crippen LogP) is 2.48. The van der Waals surface area contributed by atoms with E-state index in [2.05, 4.69) is 15.9 Å². The van der Waals surface area contributed by atoms with Crippen molar-refractivity contribution in [3.63, 3.8) is 0 Å². The molecule has 1 fully saturated rings. The number of alkyl halides is 3. The molecule has 0 radical (unpaired) electrons. The zero-order chi connectivity index (χ0) is 18.1. The number of aliphatic hydroxyl groups is 1. The summed E-state index contributed by atoms with van der Waals surface area (Å²) in [6.45, 7) is 1.29. The molecule has 0 bridgehead atoms. The summed E-state index contributed by atoms with van der Waals surface area (Å²) in [5, 5.41) is 11.7. The molecule has 132 valence electrons. The summed E-state index contributed by atoms with van der Waals surface area (Å²) < 4.78 is 45.6. The summed E-state index contributed by atoms with van der Waals surface area (Å²) in [5.74, 6) is -5.41. The molecular formula is C15H15BrF3NO4. The van der Waals surface area contributed by atoms with E-state index in [0.717, 1.165) is 0 Å². The third kappa shape index (κ3) is 3.41. The number of carbonyl (C=O) groups excluding carboxylic acids is 2. The van der Waals surface area contributed by atoms with Crippen molar-refractivity contribution >= 4 is 27.8 Å².